The number of ether oxygens (including phenoxy) is 2. The predicted octanol–water partition coefficient (Wildman–Crippen LogP) is -0.796. The lowest BCUT2D eigenvalue weighted by molar-refractivity contribution is -0.308. The van der Waals surface area contributed by atoms with Crippen LogP contribution in [0.3, 0.4) is 0 Å². The Labute approximate surface area is 139 Å². The zero-order valence-corrected chi connectivity index (χ0v) is 12.6. The second kappa shape index (κ2) is 6.52. The summed E-state index contributed by atoms with van der Waals surface area (Å²) in [4.78, 5) is 33.3. The average Bonchev–Trinajstić information content (AvgIpc) is 2.57. The summed E-state index contributed by atoms with van der Waals surface area (Å²) in [6.07, 6.45) is 0. The predicted molar refractivity (Wildman–Crippen MR) is 81.0 cm³/mol. The molecule has 3 aromatic rings. The number of carboxylic acids is 2. The van der Waals surface area contributed by atoms with Crippen LogP contribution in [-0.2, 0) is 9.59 Å². The molecular formula is C17H10O8-2. The fourth-order valence-electron chi connectivity index (χ4n) is 2.42. The minimum atomic E-state index is -1.45. The van der Waals surface area contributed by atoms with Crippen molar-refractivity contribution in [2.75, 3.05) is 13.2 Å². The van der Waals surface area contributed by atoms with Crippen molar-refractivity contribution in [3.63, 3.8) is 0 Å². The molecular weight excluding hydrogens is 332 g/mol. The highest BCUT2D eigenvalue weighted by atomic mass is 16.5. The van der Waals surface area contributed by atoms with Gasteiger partial charge in [0.25, 0.3) is 0 Å². The molecule has 0 amide bonds. The SMILES string of the molecule is O=C([O-])COc1cc(OCC(=O)[O-])c2c(c1)oc(=O)c1ccccc12. The van der Waals surface area contributed by atoms with Crippen molar-refractivity contribution in [3.05, 3.63) is 46.8 Å². The van der Waals surface area contributed by atoms with Gasteiger partial charge in [-0.05, 0) is 6.07 Å². The normalized spacial score (nSPS) is 10.7. The molecule has 0 N–H and O–H groups in total. The smallest absolute Gasteiger partial charge is 0.344 e. The number of carbonyl (C=O) groups excluding carboxylic acids is 2. The van der Waals surface area contributed by atoms with E-state index in [9.17, 15) is 24.6 Å². The van der Waals surface area contributed by atoms with Crippen LogP contribution in [0.4, 0.5) is 0 Å². The molecule has 1 heterocycles. The van der Waals surface area contributed by atoms with Gasteiger partial charge in [-0.15, -0.1) is 0 Å². The van der Waals surface area contributed by atoms with E-state index in [2.05, 4.69) is 0 Å². The number of hydrogen-bond acceptors (Lipinski definition) is 8. The first-order valence-electron chi connectivity index (χ1n) is 7.10. The molecule has 128 valence electrons. The fraction of sp³-hybridized carbons (Fsp3) is 0.118. The Morgan fingerprint density at radius 1 is 0.960 bits per heavy atom. The van der Waals surface area contributed by atoms with E-state index in [1.807, 2.05) is 0 Å². The van der Waals surface area contributed by atoms with Crippen LogP contribution in [0.25, 0.3) is 21.7 Å². The first-order valence-corrected chi connectivity index (χ1v) is 7.10. The van der Waals surface area contributed by atoms with E-state index in [0.29, 0.717) is 10.8 Å². The van der Waals surface area contributed by atoms with Gasteiger partial charge in [0.15, 0.2) is 0 Å². The van der Waals surface area contributed by atoms with E-state index in [1.165, 1.54) is 12.1 Å². The van der Waals surface area contributed by atoms with Crippen LogP contribution in [0.5, 0.6) is 11.5 Å². The van der Waals surface area contributed by atoms with Crippen molar-refractivity contribution in [1.82, 2.24) is 0 Å². The molecule has 0 unspecified atom stereocenters. The number of carbonyl (C=O) groups is 2. The zero-order valence-electron chi connectivity index (χ0n) is 12.6. The van der Waals surface area contributed by atoms with Crippen molar-refractivity contribution >= 4 is 33.7 Å². The summed E-state index contributed by atoms with van der Waals surface area (Å²) in [5, 5.41) is 22.4. The van der Waals surface area contributed by atoms with Gasteiger partial charge in [0.2, 0.25) is 0 Å². The Kier molecular flexibility index (Phi) is 4.25. The van der Waals surface area contributed by atoms with E-state index in [4.69, 9.17) is 13.9 Å². The van der Waals surface area contributed by atoms with Crippen molar-refractivity contribution < 1.29 is 33.7 Å². The third-order valence-corrected chi connectivity index (χ3v) is 3.36. The molecule has 0 saturated carbocycles. The molecule has 0 saturated heterocycles. The molecule has 0 bridgehead atoms. The molecule has 0 aliphatic carbocycles. The van der Waals surface area contributed by atoms with Crippen LogP contribution in [-0.4, -0.2) is 25.2 Å². The van der Waals surface area contributed by atoms with Crippen molar-refractivity contribution in [2.45, 2.75) is 0 Å². The summed E-state index contributed by atoms with van der Waals surface area (Å²) < 4.78 is 15.4. The average molecular weight is 342 g/mol. The molecule has 0 spiro atoms. The zero-order chi connectivity index (χ0) is 18.0. The van der Waals surface area contributed by atoms with Crippen molar-refractivity contribution in [1.29, 1.82) is 0 Å². The maximum absolute atomic E-state index is 12.1. The minimum Gasteiger partial charge on any atom is -0.546 e. The Hall–Kier alpha value is -3.55. The maximum Gasteiger partial charge on any atom is 0.344 e. The van der Waals surface area contributed by atoms with Crippen molar-refractivity contribution in [2.24, 2.45) is 0 Å². The largest absolute Gasteiger partial charge is 0.546 e. The molecule has 8 nitrogen and oxygen atoms in total. The molecule has 2 aromatic carbocycles. The Balaban J connectivity index is 2.24. The monoisotopic (exact) mass is 342 g/mol. The summed E-state index contributed by atoms with van der Waals surface area (Å²) in [7, 11) is 0. The molecule has 1 aromatic heterocycles. The lowest BCUT2D eigenvalue weighted by atomic mass is 10.1. The van der Waals surface area contributed by atoms with Gasteiger partial charge in [0, 0.05) is 17.5 Å². The third kappa shape index (κ3) is 3.37. The van der Waals surface area contributed by atoms with Gasteiger partial charge in [0.1, 0.15) is 30.3 Å². The van der Waals surface area contributed by atoms with Gasteiger partial charge in [-0.2, -0.15) is 0 Å². The number of benzene rings is 2. The maximum atomic E-state index is 12.1. The second-order valence-corrected chi connectivity index (χ2v) is 5.05. The minimum absolute atomic E-state index is 0.0171. The summed E-state index contributed by atoms with van der Waals surface area (Å²) in [6.45, 7) is -1.48. The molecule has 25 heavy (non-hydrogen) atoms. The third-order valence-electron chi connectivity index (χ3n) is 3.36. The first kappa shape index (κ1) is 16.3. The van der Waals surface area contributed by atoms with Gasteiger partial charge in [-0.25, -0.2) is 4.79 Å². The molecule has 0 fully saturated rings. The molecule has 0 radical (unpaired) electrons. The van der Waals surface area contributed by atoms with Crippen LogP contribution < -0.4 is 25.3 Å². The number of fused-ring (bicyclic) bond motifs is 3. The van der Waals surface area contributed by atoms with Gasteiger partial charge in [-0.1, -0.05) is 18.2 Å². The highest BCUT2D eigenvalue weighted by molar-refractivity contribution is 6.08. The summed E-state index contributed by atoms with van der Waals surface area (Å²) in [6, 6.07) is 9.19. The molecule has 8 heteroatoms. The highest BCUT2D eigenvalue weighted by Gasteiger charge is 2.14. The van der Waals surface area contributed by atoms with Crippen LogP contribution in [0.1, 0.15) is 0 Å². The Bertz CT molecular complexity index is 1030. The summed E-state index contributed by atoms with van der Waals surface area (Å²) in [5.41, 5.74) is -0.543. The molecule has 3 rings (SSSR count). The van der Waals surface area contributed by atoms with Gasteiger partial charge in [-0.3, -0.25) is 0 Å². The van der Waals surface area contributed by atoms with Crippen LogP contribution in [0.2, 0.25) is 0 Å². The standard InChI is InChI=1S/C17H12O8/c18-14(19)7-23-9-5-12(24-8-15(20)21)16-10-3-1-2-4-11(10)17(22)25-13(16)6-9/h1-6H,7-8H2,(H,18,19)(H,20,21)/p-2. The topological polar surface area (TPSA) is 129 Å². The number of hydrogen-bond donors (Lipinski definition) is 0. The van der Waals surface area contributed by atoms with Crippen LogP contribution >= 0.6 is 0 Å². The lowest BCUT2D eigenvalue weighted by Gasteiger charge is -2.14. The molecule has 0 aliphatic heterocycles. The Morgan fingerprint density at radius 3 is 2.28 bits per heavy atom. The molecule has 0 atom stereocenters. The van der Waals surface area contributed by atoms with E-state index in [0.717, 1.165) is 0 Å². The van der Waals surface area contributed by atoms with E-state index in [1.54, 1.807) is 24.3 Å². The van der Waals surface area contributed by atoms with Crippen LogP contribution in [0.15, 0.2) is 45.6 Å². The van der Waals surface area contributed by atoms with E-state index >= 15 is 0 Å². The van der Waals surface area contributed by atoms with E-state index in [-0.39, 0.29) is 22.5 Å². The van der Waals surface area contributed by atoms with Gasteiger partial charge >= 0.3 is 5.63 Å². The van der Waals surface area contributed by atoms with Gasteiger partial charge in [0.05, 0.1) is 22.7 Å². The highest BCUT2D eigenvalue weighted by Crippen LogP contribution is 2.35. The lowest BCUT2D eigenvalue weighted by Crippen LogP contribution is -2.29. The van der Waals surface area contributed by atoms with Crippen molar-refractivity contribution in [3.8, 4) is 11.5 Å². The quantitative estimate of drug-likeness (QED) is 0.421. The summed E-state index contributed by atoms with van der Waals surface area (Å²) >= 11 is 0. The van der Waals surface area contributed by atoms with Crippen LogP contribution in [0, 0.1) is 0 Å². The van der Waals surface area contributed by atoms with Gasteiger partial charge < -0.3 is 33.7 Å². The molecule has 0 aliphatic rings. The van der Waals surface area contributed by atoms with E-state index < -0.39 is 30.8 Å². The fourth-order valence-corrected chi connectivity index (χ4v) is 2.42. The summed E-state index contributed by atoms with van der Waals surface area (Å²) in [5.74, 6) is -2.83. The number of aliphatic carboxylic acids is 2. The number of carboxylic acid groups (broad SMARTS) is 2. The second-order valence-electron chi connectivity index (χ2n) is 5.05. The first-order chi connectivity index (χ1) is 12.0. The number of rotatable bonds is 6. The Morgan fingerprint density at radius 2 is 1.60 bits per heavy atom.